The third-order valence-electron chi connectivity index (χ3n) is 4.55. The molecule has 1 atom stereocenters. The molecule has 2 aromatic carbocycles. The topological polar surface area (TPSA) is 32.3 Å². The fraction of sp³-hybridized carbons (Fsp3) is 0.333. The van der Waals surface area contributed by atoms with Gasteiger partial charge in [0.15, 0.2) is 0 Å². The van der Waals surface area contributed by atoms with Crippen LogP contribution in [0, 0.1) is 0 Å². The van der Waals surface area contributed by atoms with Gasteiger partial charge in [0.25, 0.3) is 0 Å². The Morgan fingerprint density at radius 3 is 2.24 bits per heavy atom. The van der Waals surface area contributed by atoms with Gasteiger partial charge in [0.2, 0.25) is 0 Å². The van der Waals surface area contributed by atoms with E-state index in [0.717, 1.165) is 17.9 Å². The fourth-order valence-electron chi connectivity index (χ4n) is 3.40. The highest BCUT2D eigenvalue weighted by Gasteiger charge is 2.34. The van der Waals surface area contributed by atoms with Crippen molar-refractivity contribution in [1.29, 1.82) is 0 Å². The molecule has 2 aromatic rings. The Kier molecular flexibility index (Phi) is 3.29. The second-order valence-electron chi connectivity index (χ2n) is 6.02. The molecule has 0 bridgehead atoms. The van der Waals surface area contributed by atoms with E-state index in [9.17, 15) is 5.11 Å². The molecule has 0 spiro atoms. The molecular weight excluding hydrogens is 278 g/mol. The number of fused-ring (bicyclic) bond motifs is 3. The van der Waals surface area contributed by atoms with Crippen LogP contribution in [0.4, 0.5) is 0 Å². The van der Waals surface area contributed by atoms with Gasteiger partial charge in [-0.05, 0) is 34.4 Å². The molecule has 0 radical (unpaired) electrons. The quantitative estimate of drug-likeness (QED) is 0.912. The van der Waals surface area contributed by atoms with Gasteiger partial charge >= 0.3 is 0 Å². The van der Waals surface area contributed by atoms with E-state index in [4.69, 9.17) is 0 Å². The summed E-state index contributed by atoms with van der Waals surface area (Å²) < 4.78 is 0. The van der Waals surface area contributed by atoms with Crippen molar-refractivity contribution >= 4 is 11.8 Å². The average molecular weight is 297 g/mol. The first-order valence-electron chi connectivity index (χ1n) is 7.49. The maximum absolute atomic E-state index is 10.6. The zero-order chi connectivity index (χ0) is 14.3. The summed E-state index contributed by atoms with van der Waals surface area (Å²) in [6.45, 7) is 0.660. The molecule has 1 aliphatic carbocycles. The van der Waals surface area contributed by atoms with Crippen molar-refractivity contribution in [2.24, 2.45) is 0 Å². The highest BCUT2D eigenvalue weighted by atomic mass is 32.2. The maximum Gasteiger partial charge on any atom is 0.0869 e. The summed E-state index contributed by atoms with van der Waals surface area (Å²) in [5, 5.41) is 14.2. The second kappa shape index (κ2) is 5.16. The first-order valence-corrected chi connectivity index (χ1v) is 8.64. The minimum Gasteiger partial charge on any atom is -0.388 e. The number of thioether (sulfide) groups is 1. The van der Waals surface area contributed by atoms with Gasteiger partial charge in [-0.1, -0.05) is 48.5 Å². The second-order valence-corrected chi connectivity index (χ2v) is 7.12. The van der Waals surface area contributed by atoms with Crippen LogP contribution >= 0.6 is 11.8 Å². The monoisotopic (exact) mass is 297 g/mol. The Balaban J connectivity index is 1.65. The molecule has 4 rings (SSSR count). The third-order valence-corrected chi connectivity index (χ3v) is 5.79. The summed E-state index contributed by atoms with van der Waals surface area (Å²) in [6, 6.07) is 17.4. The van der Waals surface area contributed by atoms with Crippen LogP contribution < -0.4 is 5.32 Å². The molecule has 1 fully saturated rings. The lowest BCUT2D eigenvalue weighted by Gasteiger charge is -2.25. The van der Waals surface area contributed by atoms with Crippen LogP contribution in [0.3, 0.4) is 0 Å². The van der Waals surface area contributed by atoms with E-state index >= 15 is 0 Å². The van der Waals surface area contributed by atoms with Gasteiger partial charge in [-0.25, -0.2) is 0 Å². The molecule has 0 amide bonds. The lowest BCUT2D eigenvalue weighted by atomic mass is 10.0. The fourth-order valence-corrected chi connectivity index (χ4v) is 4.70. The molecule has 1 aliphatic heterocycles. The van der Waals surface area contributed by atoms with E-state index in [1.54, 1.807) is 0 Å². The lowest BCUT2D eigenvalue weighted by molar-refractivity contribution is 0.0659. The number of hydrogen-bond donors (Lipinski definition) is 2. The summed E-state index contributed by atoms with van der Waals surface area (Å²) in [5.41, 5.74) is 4.75. The van der Waals surface area contributed by atoms with Crippen molar-refractivity contribution < 1.29 is 5.11 Å². The van der Waals surface area contributed by atoms with Crippen molar-refractivity contribution in [1.82, 2.24) is 5.32 Å². The predicted molar refractivity (Wildman–Crippen MR) is 88.6 cm³/mol. The van der Waals surface area contributed by atoms with Crippen LogP contribution in [0.1, 0.15) is 23.6 Å². The molecule has 3 heteroatoms. The Morgan fingerprint density at radius 1 is 1.05 bits per heavy atom. The molecule has 2 aliphatic rings. The highest BCUT2D eigenvalue weighted by Crippen LogP contribution is 2.43. The maximum atomic E-state index is 10.6. The van der Waals surface area contributed by atoms with Crippen LogP contribution in [0.25, 0.3) is 11.1 Å². The SMILES string of the molecule is OC1(CNC2c3ccccc3-c3ccccc32)CCSC1. The van der Waals surface area contributed by atoms with Crippen LogP contribution in [0.5, 0.6) is 0 Å². The van der Waals surface area contributed by atoms with Crippen LogP contribution in [-0.4, -0.2) is 28.8 Å². The summed E-state index contributed by atoms with van der Waals surface area (Å²) in [5.74, 6) is 1.91. The third kappa shape index (κ3) is 2.30. The zero-order valence-electron chi connectivity index (χ0n) is 11.9. The largest absolute Gasteiger partial charge is 0.388 e. The Hall–Kier alpha value is -1.29. The summed E-state index contributed by atoms with van der Waals surface area (Å²) in [4.78, 5) is 0. The van der Waals surface area contributed by atoms with Gasteiger partial charge in [-0.15, -0.1) is 0 Å². The van der Waals surface area contributed by atoms with Crippen LogP contribution in [0.15, 0.2) is 48.5 Å². The van der Waals surface area contributed by atoms with Crippen molar-refractivity contribution in [2.75, 3.05) is 18.1 Å². The van der Waals surface area contributed by atoms with E-state index in [1.165, 1.54) is 22.3 Å². The normalized spacial score (nSPS) is 24.0. The Morgan fingerprint density at radius 2 is 1.67 bits per heavy atom. The standard InChI is InChI=1S/C18H19NOS/c20-18(9-10-21-12-18)11-19-17-15-7-3-1-5-13(15)14-6-2-4-8-16(14)17/h1-8,17,19-20H,9-12H2. The smallest absolute Gasteiger partial charge is 0.0869 e. The molecule has 0 saturated carbocycles. The first-order chi connectivity index (χ1) is 10.3. The molecule has 1 unspecified atom stereocenters. The highest BCUT2D eigenvalue weighted by molar-refractivity contribution is 7.99. The van der Waals surface area contributed by atoms with Crippen molar-refractivity contribution in [3.63, 3.8) is 0 Å². The minimum absolute atomic E-state index is 0.201. The molecule has 1 heterocycles. The lowest BCUT2D eigenvalue weighted by Crippen LogP contribution is -2.41. The van der Waals surface area contributed by atoms with Gasteiger partial charge in [0.1, 0.15) is 0 Å². The first kappa shape index (κ1) is 13.4. The molecule has 0 aromatic heterocycles. The number of aliphatic hydroxyl groups is 1. The number of nitrogens with one attached hydrogen (secondary N) is 1. The van der Waals surface area contributed by atoms with E-state index < -0.39 is 5.60 Å². The van der Waals surface area contributed by atoms with Gasteiger partial charge in [-0.2, -0.15) is 11.8 Å². The van der Waals surface area contributed by atoms with Gasteiger partial charge in [0, 0.05) is 12.3 Å². The van der Waals surface area contributed by atoms with Crippen LogP contribution in [-0.2, 0) is 0 Å². The summed E-state index contributed by atoms with van der Waals surface area (Å²) in [6.07, 6.45) is 0.890. The van der Waals surface area contributed by atoms with Gasteiger partial charge in [-0.3, -0.25) is 0 Å². The average Bonchev–Trinajstić information content (AvgIpc) is 3.08. The van der Waals surface area contributed by atoms with Crippen LogP contribution in [0.2, 0.25) is 0 Å². The van der Waals surface area contributed by atoms with Crippen molar-refractivity contribution in [3.05, 3.63) is 59.7 Å². The summed E-state index contributed by atoms with van der Waals surface area (Å²) in [7, 11) is 0. The Bertz CT molecular complexity index is 618. The Labute approximate surface area is 129 Å². The van der Waals surface area contributed by atoms with E-state index in [2.05, 4.69) is 53.8 Å². The van der Waals surface area contributed by atoms with Gasteiger partial charge < -0.3 is 10.4 Å². The number of benzene rings is 2. The molecule has 2 N–H and O–H groups in total. The molecular formula is C18H19NOS. The van der Waals surface area contributed by atoms with Gasteiger partial charge in [0.05, 0.1) is 11.6 Å². The van der Waals surface area contributed by atoms with Crippen molar-refractivity contribution in [2.45, 2.75) is 18.1 Å². The zero-order valence-corrected chi connectivity index (χ0v) is 12.7. The molecule has 21 heavy (non-hydrogen) atoms. The number of hydrogen-bond acceptors (Lipinski definition) is 3. The number of rotatable bonds is 3. The summed E-state index contributed by atoms with van der Waals surface area (Å²) >= 11 is 1.84. The van der Waals surface area contributed by atoms with E-state index in [1.807, 2.05) is 11.8 Å². The molecule has 108 valence electrons. The minimum atomic E-state index is -0.544. The van der Waals surface area contributed by atoms with Crippen molar-refractivity contribution in [3.8, 4) is 11.1 Å². The molecule has 1 saturated heterocycles. The van der Waals surface area contributed by atoms with E-state index in [0.29, 0.717) is 6.54 Å². The predicted octanol–water partition coefficient (Wildman–Crippen LogP) is 3.21. The molecule has 2 nitrogen and oxygen atoms in total. The van der Waals surface area contributed by atoms with E-state index in [-0.39, 0.29) is 6.04 Å².